The van der Waals surface area contributed by atoms with Gasteiger partial charge in [-0.25, -0.2) is 9.97 Å². The molecule has 2 rings (SSSR count). The Morgan fingerprint density at radius 1 is 1.50 bits per heavy atom. The van der Waals surface area contributed by atoms with Gasteiger partial charge in [-0.15, -0.1) is 0 Å². The summed E-state index contributed by atoms with van der Waals surface area (Å²) in [6.45, 7) is 3.12. The normalized spacial score (nSPS) is 27.7. The van der Waals surface area contributed by atoms with Crippen LogP contribution in [0.4, 0.5) is 5.82 Å². The Balaban J connectivity index is 2.16. The molecule has 4 heteroatoms. The Labute approximate surface area is 84.2 Å². The van der Waals surface area contributed by atoms with E-state index in [1.54, 1.807) is 12.5 Å². The minimum absolute atomic E-state index is 0.279. The molecule has 0 aliphatic carbocycles. The van der Waals surface area contributed by atoms with Crippen molar-refractivity contribution < 1.29 is 0 Å². The van der Waals surface area contributed by atoms with Gasteiger partial charge in [-0.3, -0.25) is 0 Å². The summed E-state index contributed by atoms with van der Waals surface area (Å²) >= 11 is 0. The van der Waals surface area contributed by atoms with E-state index in [1.165, 1.54) is 0 Å². The minimum atomic E-state index is 0.279. The molecule has 2 unspecified atom stereocenters. The van der Waals surface area contributed by atoms with Crippen LogP contribution in [-0.4, -0.2) is 28.6 Å². The van der Waals surface area contributed by atoms with E-state index in [0.717, 1.165) is 25.2 Å². The van der Waals surface area contributed by atoms with E-state index in [1.807, 2.05) is 6.07 Å². The van der Waals surface area contributed by atoms with Gasteiger partial charge in [0.05, 0.1) is 0 Å². The quantitative estimate of drug-likeness (QED) is 0.715. The highest BCUT2D eigenvalue weighted by atomic mass is 15.2. The molecule has 0 radical (unpaired) electrons. The standard InChI is InChI=1S/C10H16N4/c1-8-2-3-9(11)6-14(8)10-4-5-12-7-13-10/h4-5,7-9H,2-3,6,11H2,1H3. The third-order valence-corrected chi connectivity index (χ3v) is 2.78. The number of rotatable bonds is 1. The van der Waals surface area contributed by atoms with Crippen molar-refractivity contribution in [1.29, 1.82) is 0 Å². The summed E-state index contributed by atoms with van der Waals surface area (Å²) in [7, 11) is 0. The molecule has 76 valence electrons. The van der Waals surface area contributed by atoms with Crippen LogP contribution in [0.25, 0.3) is 0 Å². The summed E-state index contributed by atoms with van der Waals surface area (Å²) < 4.78 is 0. The van der Waals surface area contributed by atoms with Crippen LogP contribution in [0.2, 0.25) is 0 Å². The van der Waals surface area contributed by atoms with Gasteiger partial charge in [0.1, 0.15) is 12.1 Å². The van der Waals surface area contributed by atoms with E-state index in [9.17, 15) is 0 Å². The molecule has 1 saturated heterocycles. The van der Waals surface area contributed by atoms with Gasteiger partial charge in [-0.1, -0.05) is 0 Å². The fourth-order valence-electron chi connectivity index (χ4n) is 1.91. The average Bonchev–Trinajstić information content (AvgIpc) is 2.23. The highest BCUT2D eigenvalue weighted by Gasteiger charge is 2.23. The molecule has 14 heavy (non-hydrogen) atoms. The van der Waals surface area contributed by atoms with Crippen LogP contribution in [-0.2, 0) is 0 Å². The molecule has 0 aromatic carbocycles. The molecule has 2 heterocycles. The molecule has 2 atom stereocenters. The van der Waals surface area contributed by atoms with Gasteiger partial charge in [0.15, 0.2) is 0 Å². The summed E-state index contributed by atoms with van der Waals surface area (Å²) in [4.78, 5) is 10.4. The molecule has 1 aromatic heterocycles. The van der Waals surface area contributed by atoms with Crippen LogP contribution in [0.1, 0.15) is 19.8 Å². The molecule has 0 spiro atoms. The predicted octanol–water partition coefficient (Wildman–Crippen LogP) is 0.793. The lowest BCUT2D eigenvalue weighted by molar-refractivity contribution is 0.434. The van der Waals surface area contributed by atoms with Crippen molar-refractivity contribution in [3.63, 3.8) is 0 Å². The molecule has 4 nitrogen and oxygen atoms in total. The zero-order valence-corrected chi connectivity index (χ0v) is 8.43. The molecule has 1 fully saturated rings. The van der Waals surface area contributed by atoms with Gasteiger partial charge in [0.2, 0.25) is 0 Å². The van der Waals surface area contributed by atoms with E-state index in [0.29, 0.717) is 6.04 Å². The van der Waals surface area contributed by atoms with E-state index in [2.05, 4.69) is 21.8 Å². The second kappa shape index (κ2) is 3.92. The molecule has 1 aliphatic rings. The Bertz CT molecular complexity index is 287. The van der Waals surface area contributed by atoms with Crippen LogP contribution >= 0.6 is 0 Å². The van der Waals surface area contributed by atoms with Crippen molar-refractivity contribution in [1.82, 2.24) is 9.97 Å². The first-order chi connectivity index (χ1) is 6.77. The van der Waals surface area contributed by atoms with Gasteiger partial charge < -0.3 is 10.6 Å². The van der Waals surface area contributed by atoms with E-state index in [4.69, 9.17) is 5.73 Å². The fourth-order valence-corrected chi connectivity index (χ4v) is 1.91. The number of piperidine rings is 1. The van der Waals surface area contributed by atoms with E-state index >= 15 is 0 Å². The average molecular weight is 192 g/mol. The number of hydrogen-bond acceptors (Lipinski definition) is 4. The first-order valence-electron chi connectivity index (χ1n) is 5.05. The van der Waals surface area contributed by atoms with E-state index < -0.39 is 0 Å². The van der Waals surface area contributed by atoms with Crippen molar-refractivity contribution >= 4 is 5.82 Å². The van der Waals surface area contributed by atoms with Gasteiger partial charge in [0.25, 0.3) is 0 Å². The molecule has 2 N–H and O–H groups in total. The Kier molecular flexibility index (Phi) is 2.63. The lowest BCUT2D eigenvalue weighted by atomic mass is 10.0. The number of hydrogen-bond donors (Lipinski definition) is 1. The van der Waals surface area contributed by atoms with E-state index in [-0.39, 0.29) is 6.04 Å². The lowest BCUT2D eigenvalue weighted by Gasteiger charge is -2.37. The maximum Gasteiger partial charge on any atom is 0.132 e. The number of nitrogens with two attached hydrogens (primary N) is 1. The lowest BCUT2D eigenvalue weighted by Crippen LogP contribution is -2.47. The largest absolute Gasteiger partial charge is 0.352 e. The van der Waals surface area contributed by atoms with Crippen LogP contribution in [0.3, 0.4) is 0 Å². The van der Waals surface area contributed by atoms with Gasteiger partial charge in [-0.2, -0.15) is 0 Å². The number of nitrogens with zero attached hydrogens (tertiary/aromatic N) is 3. The number of aromatic nitrogens is 2. The Morgan fingerprint density at radius 3 is 3.07 bits per heavy atom. The van der Waals surface area contributed by atoms with Crippen LogP contribution < -0.4 is 10.6 Å². The summed E-state index contributed by atoms with van der Waals surface area (Å²) in [5.41, 5.74) is 5.94. The van der Waals surface area contributed by atoms with Gasteiger partial charge in [0, 0.05) is 24.8 Å². The molecular weight excluding hydrogens is 176 g/mol. The van der Waals surface area contributed by atoms with Crippen molar-refractivity contribution in [2.75, 3.05) is 11.4 Å². The molecule has 1 aromatic rings. The summed E-state index contributed by atoms with van der Waals surface area (Å²) in [6.07, 6.45) is 5.62. The van der Waals surface area contributed by atoms with Crippen molar-refractivity contribution in [2.24, 2.45) is 5.73 Å². The van der Waals surface area contributed by atoms with Gasteiger partial charge >= 0.3 is 0 Å². The second-order valence-electron chi connectivity index (χ2n) is 3.91. The van der Waals surface area contributed by atoms with Crippen LogP contribution in [0.5, 0.6) is 0 Å². The van der Waals surface area contributed by atoms with Crippen molar-refractivity contribution in [3.05, 3.63) is 18.6 Å². The Hall–Kier alpha value is -1.16. The smallest absolute Gasteiger partial charge is 0.132 e. The summed E-state index contributed by atoms with van der Waals surface area (Å²) in [5, 5.41) is 0. The second-order valence-corrected chi connectivity index (χ2v) is 3.91. The Morgan fingerprint density at radius 2 is 2.36 bits per heavy atom. The zero-order valence-electron chi connectivity index (χ0n) is 8.43. The summed E-state index contributed by atoms with van der Waals surface area (Å²) in [5.74, 6) is 0.989. The third-order valence-electron chi connectivity index (χ3n) is 2.78. The minimum Gasteiger partial charge on any atom is -0.352 e. The maximum absolute atomic E-state index is 5.94. The highest BCUT2D eigenvalue weighted by Crippen LogP contribution is 2.21. The SMILES string of the molecule is CC1CCC(N)CN1c1ccncn1. The first kappa shape index (κ1) is 9.40. The molecule has 0 bridgehead atoms. The molecule has 0 amide bonds. The monoisotopic (exact) mass is 192 g/mol. The van der Waals surface area contributed by atoms with Crippen molar-refractivity contribution in [3.8, 4) is 0 Å². The van der Waals surface area contributed by atoms with Crippen molar-refractivity contribution in [2.45, 2.75) is 31.8 Å². The van der Waals surface area contributed by atoms with Crippen LogP contribution in [0.15, 0.2) is 18.6 Å². The predicted molar refractivity (Wildman–Crippen MR) is 56.0 cm³/mol. The topological polar surface area (TPSA) is 55.0 Å². The molecular formula is C10H16N4. The summed E-state index contributed by atoms with van der Waals surface area (Å²) in [6, 6.07) is 2.75. The number of anilines is 1. The zero-order chi connectivity index (χ0) is 9.97. The third kappa shape index (κ3) is 1.85. The molecule has 1 aliphatic heterocycles. The van der Waals surface area contributed by atoms with Crippen LogP contribution in [0, 0.1) is 0 Å². The fraction of sp³-hybridized carbons (Fsp3) is 0.600. The van der Waals surface area contributed by atoms with Gasteiger partial charge in [-0.05, 0) is 25.8 Å². The highest BCUT2D eigenvalue weighted by molar-refractivity contribution is 5.38. The molecule has 0 saturated carbocycles. The first-order valence-corrected chi connectivity index (χ1v) is 5.05. The maximum atomic E-state index is 5.94.